The molecule has 6 rings (SSSR count). The van der Waals surface area contributed by atoms with E-state index < -0.39 is 0 Å². The minimum absolute atomic E-state index is 0.0348. The Labute approximate surface area is 231 Å². The summed E-state index contributed by atoms with van der Waals surface area (Å²) in [5, 5.41) is 7.45. The Kier molecular flexibility index (Phi) is 6.84. The molecule has 1 saturated heterocycles. The summed E-state index contributed by atoms with van der Waals surface area (Å²) in [6, 6.07) is 16.0. The van der Waals surface area contributed by atoms with E-state index >= 15 is 0 Å². The van der Waals surface area contributed by atoms with E-state index in [0.29, 0.717) is 24.6 Å². The lowest BCUT2D eigenvalue weighted by molar-refractivity contribution is 0.188. The first-order chi connectivity index (χ1) is 18.9. The summed E-state index contributed by atoms with van der Waals surface area (Å²) in [7, 11) is 0. The highest BCUT2D eigenvalue weighted by molar-refractivity contribution is 7.96. The lowest BCUT2D eigenvalue weighted by atomic mass is 10.1. The molecule has 200 valence electrons. The van der Waals surface area contributed by atoms with Crippen LogP contribution >= 0.6 is 11.9 Å². The van der Waals surface area contributed by atoms with Crippen LogP contribution in [0.2, 0.25) is 0 Å². The van der Waals surface area contributed by atoms with Crippen molar-refractivity contribution in [2.24, 2.45) is 0 Å². The maximum absolute atomic E-state index is 14.0. The third-order valence-corrected chi connectivity index (χ3v) is 8.47. The Morgan fingerprint density at radius 2 is 1.69 bits per heavy atom. The smallest absolute Gasteiger partial charge is 0.263 e. The van der Waals surface area contributed by atoms with Gasteiger partial charge in [0.25, 0.3) is 5.56 Å². The van der Waals surface area contributed by atoms with Crippen LogP contribution in [-0.2, 0) is 13.1 Å². The van der Waals surface area contributed by atoms with Crippen LogP contribution < -0.4 is 11.3 Å². The summed E-state index contributed by atoms with van der Waals surface area (Å²) in [6.45, 7) is 8.97. The third kappa shape index (κ3) is 4.69. The quantitative estimate of drug-likeness (QED) is 0.325. The maximum Gasteiger partial charge on any atom is 0.263 e. The molecule has 5 aromatic rings. The van der Waals surface area contributed by atoms with E-state index in [2.05, 4.69) is 31.5 Å². The average molecular weight is 541 g/mol. The Morgan fingerprint density at radius 3 is 2.46 bits per heavy atom. The second kappa shape index (κ2) is 10.4. The molecule has 0 amide bonds. The van der Waals surface area contributed by atoms with E-state index in [4.69, 9.17) is 10.8 Å². The van der Waals surface area contributed by atoms with Crippen molar-refractivity contribution < 1.29 is 0 Å². The number of anilines is 1. The van der Waals surface area contributed by atoms with E-state index in [1.165, 1.54) is 6.33 Å². The Bertz CT molecular complexity index is 1740. The SMILES string of the molecule is CSN1CCN(Cc2nn(Cc3cc4cccc(C)c4c(=O)n3-c3ccccc3C)c3ncnc(N)c23)CC1. The molecule has 9 nitrogen and oxygen atoms in total. The van der Waals surface area contributed by atoms with Gasteiger partial charge in [0.15, 0.2) is 5.65 Å². The van der Waals surface area contributed by atoms with Gasteiger partial charge in [0.05, 0.1) is 28.7 Å². The van der Waals surface area contributed by atoms with Gasteiger partial charge in [-0.25, -0.2) is 19.0 Å². The molecule has 0 bridgehead atoms. The van der Waals surface area contributed by atoms with Crippen LogP contribution in [0.4, 0.5) is 5.82 Å². The summed E-state index contributed by atoms with van der Waals surface area (Å²) in [5.74, 6) is 0.425. The number of rotatable bonds is 6. The Morgan fingerprint density at radius 1 is 0.923 bits per heavy atom. The molecule has 0 unspecified atom stereocenters. The number of pyridine rings is 1. The largest absolute Gasteiger partial charge is 0.383 e. The molecule has 0 aliphatic carbocycles. The number of aromatic nitrogens is 5. The molecule has 4 heterocycles. The van der Waals surface area contributed by atoms with Gasteiger partial charge in [0, 0.05) is 38.4 Å². The summed E-state index contributed by atoms with van der Waals surface area (Å²) in [6.07, 6.45) is 3.60. The zero-order chi connectivity index (χ0) is 27.1. The molecule has 10 heteroatoms. The monoisotopic (exact) mass is 540 g/mol. The van der Waals surface area contributed by atoms with Crippen LogP contribution in [0.15, 0.2) is 59.7 Å². The first-order valence-corrected chi connectivity index (χ1v) is 14.3. The van der Waals surface area contributed by atoms with Crippen LogP contribution in [0.5, 0.6) is 0 Å². The predicted molar refractivity (Wildman–Crippen MR) is 158 cm³/mol. The number of nitrogens with zero attached hydrogens (tertiary/aromatic N) is 7. The van der Waals surface area contributed by atoms with Crippen LogP contribution in [0.3, 0.4) is 0 Å². The van der Waals surface area contributed by atoms with E-state index in [1.54, 1.807) is 11.9 Å². The first kappa shape index (κ1) is 25.5. The van der Waals surface area contributed by atoms with Crippen molar-refractivity contribution in [3.63, 3.8) is 0 Å². The number of fused-ring (bicyclic) bond motifs is 2. The van der Waals surface area contributed by atoms with Gasteiger partial charge in [0.1, 0.15) is 12.1 Å². The van der Waals surface area contributed by atoms with Gasteiger partial charge in [-0.05, 0) is 48.7 Å². The zero-order valence-corrected chi connectivity index (χ0v) is 23.3. The number of nitrogens with two attached hydrogens (primary N) is 1. The van der Waals surface area contributed by atoms with Crippen LogP contribution in [-0.4, -0.2) is 66.0 Å². The molecular formula is C29H32N8OS. The molecule has 0 saturated carbocycles. The number of piperazine rings is 1. The van der Waals surface area contributed by atoms with Crippen molar-refractivity contribution >= 4 is 39.6 Å². The van der Waals surface area contributed by atoms with Gasteiger partial charge in [-0.3, -0.25) is 14.3 Å². The Balaban J connectivity index is 1.48. The fourth-order valence-corrected chi connectivity index (χ4v) is 6.07. The number of hydrogen-bond donors (Lipinski definition) is 1. The lowest BCUT2D eigenvalue weighted by Crippen LogP contribution is -2.42. The Hall–Kier alpha value is -3.73. The van der Waals surface area contributed by atoms with E-state index in [0.717, 1.165) is 70.5 Å². The van der Waals surface area contributed by atoms with Gasteiger partial charge >= 0.3 is 0 Å². The predicted octanol–water partition coefficient (Wildman–Crippen LogP) is 3.77. The summed E-state index contributed by atoms with van der Waals surface area (Å²) in [5.41, 5.74) is 11.6. The summed E-state index contributed by atoms with van der Waals surface area (Å²) < 4.78 is 6.06. The van der Waals surface area contributed by atoms with Crippen LogP contribution in [0.1, 0.15) is 22.5 Å². The van der Waals surface area contributed by atoms with Crippen molar-refractivity contribution in [2.75, 3.05) is 38.2 Å². The van der Waals surface area contributed by atoms with Gasteiger partial charge < -0.3 is 5.73 Å². The van der Waals surface area contributed by atoms with Crippen molar-refractivity contribution in [3.05, 3.63) is 87.7 Å². The summed E-state index contributed by atoms with van der Waals surface area (Å²) in [4.78, 5) is 25.3. The van der Waals surface area contributed by atoms with Crippen LogP contribution in [0, 0.1) is 13.8 Å². The standard InChI is InChI=1S/C29H32N8OS/c1-19-7-4-5-10-24(19)37-22(15-21-9-6-8-20(2)25(21)29(37)38)16-36-28-26(27(30)31-18-32-28)23(33-36)17-34-11-13-35(39-3)14-12-34/h4-10,15,18H,11-14,16-17H2,1-3H3,(H2,30,31,32). The molecule has 2 N–H and O–H groups in total. The number of hydrogen-bond acceptors (Lipinski definition) is 8. The molecule has 39 heavy (non-hydrogen) atoms. The third-order valence-electron chi connectivity index (χ3n) is 7.59. The number of benzene rings is 2. The first-order valence-electron chi connectivity index (χ1n) is 13.1. The number of para-hydroxylation sites is 1. The second-order valence-corrected chi connectivity index (χ2v) is 10.9. The molecule has 3 aromatic heterocycles. The number of aryl methyl sites for hydroxylation is 2. The highest BCUT2D eigenvalue weighted by Crippen LogP contribution is 2.26. The number of nitrogen functional groups attached to an aromatic ring is 1. The van der Waals surface area contributed by atoms with Crippen molar-refractivity contribution in [1.29, 1.82) is 0 Å². The molecule has 0 spiro atoms. The molecule has 1 fully saturated rings. The zero-order valence-electron chi connectivity index (χ0n) is 22.5. The van der Waals surface area contributed by atoms with Crippen LogP contribution in [0.25, 0.3) is 27.5 Å². The topological polar surface area (TPSA) is 98.1 Å². The molecule has 1 aliphatic heterocycles. The van der Waals surface area contributed by atoms with Crippen molar-refractivity contribution in [1.82, 2.24) is 33.5 Å². The molecule has 2 aromatic carbocycles. The summed E-state index contributed by atoms with van der Waals surface area (Å²) >= 11 is 1.79. The lowest BCUT2D eigenvalue weighted by Gasteiger charge is -2.32. The van der Waals surface area contributed by atoms with Crippen molar-refractivity contribution in [2.45, 2.75) is 26.9 Å². The van der Waals surface area contributed by atoms with Gasteiger partial charge in [-0.15, -0.1) is 0 Å². The van der Waals surface area contributed by atoms with Gasteiger partial charge in [0.2, 0.25) is 0 Å². The fourth-order valence-electron chi connectivity index (χ4n) is 5.55. The van der Waals surface area contributed by atoms with Crippen molar-refractivity contribution in [3.8, 4) is 5.69 Å². The second-order valence-electron chi connectivity index (χ2n) is 10.1. The van der Waals surface area contributed by atoms with E-state index in [9.17, 15) is 4.79 Å². The molecular weight excluding hydrogens is 508 g/mol. The van der Waals surface area contributed by atoms with Gasteiger partial charge in [-0.2, -0.15) is 5.10 Å². The van der Waals surface area contributed by atoms with Gasteiger partial charge in [-0.1, -0.05) is 48.3 Å². The highest BCUT2D eigenvalue weighted by atomic mass is 32.2. The van der Waals surface area contributed by atoms with E-state index in [1.807, 2.05) is 65.6 Å². The maximum atomic E-state index is 14.0. The average Bonchev–Trinajstić information content (AvgIpc) is 3.28. The molecule has 1 aliphatic rings. The van der Waals surface area contributed by atoms with E-state index in [-0.39, 0.29) is 5.56 Å². The normalized spacial score (nSPS) is 14.9. The molecule has 0 atom stereocenters. The minimum atomic E-state index is -0.0348. The highest BCUT2D eigenvalue weighted by Gasteiger charge is 2.23. The molecule has 0 radical (unpaired) electrons. The fraction of sp³-hybridized carbons (Fsp3) is 0.310. The minimum Gasteiger partial charge on any atom is -0.383 e.